The second-order valence-electron chi connectivity index (χ2n) is 3.80. The van der Waals surface area contributed by atoms with Gasteiger partial charge in [0, 0.05) is 17.0 Å². The molecule has 1 rings (SSSR count). The standard InChI is InChI=1S/C12H16ClNO2/c1-8(14)11(7-12(15)16-2)9-3-5-10(13)6-4-9/h3-6,8,11H,7,14H2,1-2H3. The summed E-state index contributed by atoms with van der Waals surface area (Å²) in [5, 5.41) is 0.672. The molecule has 2 unspecified atom stereocenters. The number of rotatable bonds is 4. The summed E-state index contributed by atoms with van der Waals surface area (Å²) in [6.45, 7) is 1.88. The van der Waals surface area contributed by atoms with E-state index in [9.17, 15) is 4.79 Å². The Hall–Kier alpha value is -1.06. The van der Waals surface area contributed by atoms with Crippen molar-refractivity contribution in [1.29, 1.82) is 0 Å². The van der Waals surface area contributed by atoms with Gasteiger partial charge in [-0.1, -0.05) is 23.7 Å². The van der Waals surface area contributed by atoms with E-state index in [1.165, 1.54) is 7.11 Å². The number of nitrogens with two attached hydrogens (primary N) is 1. The lowest BCUT2D eigenvalue weighted by Gasteiger charge is -2.20. The van der Waals surface area contributed by atoms with Crippen molar-refractivity contribution in [3.63, 3.8) is 0 Å². The van der Waals surface area contributed by atoms with Gasteiger partial charge in [-0.15, -0.1) is 0 Å². The van der Waals surface area contributed by atoms with Crippen molar-refractivity contribution >= 4 is 17.6 Å². The van der Waals surface area contributed by atoms with Gasteiger partial charge in [0.25, 0.3) is 0 Å². The van der Waals surface area contributed by atoms with Crippen LogP contribution in [0.4, 0.5) is 0 Å². The van der Waals surface area contributed by atoms with Crippen LogP contribution in [0, 0.1) is 0 Å². The molecular formula is C12H16ClNO2. The van der Waals surface area contributed by atoms with E-state index in [4.69, 9.17) is 17.3 Å². The largest absolute Gasteiger partial charge is 0.469 e. The molecule has 2 atom stereocenters. The molecule has 0 radical (unpaired) electrons. The molecule has 16 heavy (non-hydrogen) atoms. The number of hydrogen-bond donors (Lipinski definition) is 1. The number of carbonyl (C=O) groups is 1. The molecule has 88 valence electrons. The van der Waals surface area contributed by atoms with Crippen LogP contribution in [-0.2, 0) is 9.53 Å². The van der Waals surface area contributed by atoms with Crippen LogP contribution in [0.5, 0.6) is 0 Å². The van der Waals surface area contributed by atoms with Crippen LogP contribution < -0.4 is 5.73 Å². The molecule has 0 bridgehead atoms. The number of halogens is 1. The lowest BCUT2D eigenvalue weighted by molar-refractivity contribution is -0.141. The van der Waals surface area contributed by atoms with E-state index in [-0.39, 0.29) is 24.3 Å². The summed E-state index contributed by atoms with van der Waals surface area (Å²) < 4.78 is 4.66. The molecule has 4 heteroatoms. The highest BCUT2D eigenvalue weighted by molar-refractivity contribution is 6.30. The molecule has 1 aromatic carbocycles. The maximum atomic E-state index is 11.3. The van der Waals surface area contributed by atoms with E-state index in [0.717, 1.165) is 5.56 Å². The quantitative estimate of drug-likeness (QED) is 0.824. The smallest absolute Gasteiger partial charge is 0.306 e. The topological polar surface area (TPSA) is 52.3 Å². The lowest BCUT2D eigenvalue weighted by atomic mass is 9.90. The van der Waals surface area contributed by atoms with E-state index in [0.29, 0.717) is 5.02 Å². The van der Waals surface area contributed by atoms with E-state index < -0.39 is 0 Å². The maximum absolute atomic E-state index is 11.3. The first-order valence-corrected chi connectivity index (χ1v) is 5.50. The third-order valence-electron chi connectivity index (χ3n) is 2.55. The minimum atomic E-state index is -0.253. The first kappa shape index (κ1) is 13.0. The Bertz CT molecular complexity index is 349. The third-order valence-corrected chi connectivity index (χ3v) is 2.80. The average molecular weight is 242 g/mol. The van der Waals surface area contributed by atoms with E-state index in [1.54, 1.807) is 12.1 Å². The summed E-state index contributed by atoms with van der Waals surface area (Å²) in [4.78, 5) is 11.3. The van der Waals surface area contributed by atoms with Crippen molar-refractivity contribution in [2.24, 2.45) is 5.73 Å². The van der Waals surface area contributed by atoms with E-state index in [2.05, 4.69) is 4.74 Å². The first-order chi connectivity index (χ1) is 7.54. The zero-order valence-corrected chi connectivity index (χ0v) is 10.2. The zero-order chi connectivity index (χ0) is 12.1. The summed E-state index contributed by atoms with van der Waals surface area (Å²) >= 11 is 5.81. The van der Waals surface area contributed by atoms with E-state index in [1.807, 2.05) is 19.1 Å². The number of benzene rings is 1. The summed E-state index contributed by atoms with van der Waals surface area (Å²) in [5.74, 6) is -0.290. The Morgan fingerprint density at radius 3 is 2.44 bits per heavy atom. The van der Waals surface area contributed by atoms with Crippen LogP contribution in [0.3, 0.4) is 0 Å². The van der Waals surface area contributed by atoms with Crippen LogP contribution in [0.2, 0.25) is 5.02 Å². The number of esters is 1. The fraction of sp³-hybridized carbons (Fsp3) is 0.417. The van der Waals surface area contributed by atoms with Gasteiger partial charge in [0.1, 0.15) is 0 Å². The van der Waals surface area contributed by atoms with Crippen LogP contribution >= 0.6 is 11.6 Å². The summed E-state index contributed by atoms with van der Waals surface area (Å²) in [5.41, 5.74) is 6.87. The van der Waals surface area contributed by atoms with Gasteiger partial charge in [-0.3, -0.25) is 4.79 Å². The predicted molar refractivity (Wildman–Crippen MR) is 64.5 cm³/mol. The van der Waals surface area contributed by atoms with Gasteiger partial charge in [0.2, 0.25) is 0 Å². The Balaban J connectivity index is 2.85. The Morgan fingerprint density at radius 1 is 1.44 bits per heavy atom. The molecule has 1 aromatic rings. The van der Waals surface area contributed by atoms with Crippen LogP contribution in [-0.4, -0.2) is 19.1 Å². The van der Waals surface area contributed by atoms with Crippen LogP contribution in [0.25, 0.3) is 0 Å². The molecule has 0 saturated heterocycles. The van der Waals surface area contributed by atoms with Gasteiger partial charge in [-0.05, 0) is 24.6 Å². The van der Waals surface area contributed by atoms with Crippen LogP contribution in [0.1, 0.15) is 24.8 Å². The minimum Gasteiger partial charge on any atom is -0.469 e. The lowest BCUT2D eigenvalue weighted by Crippen LogP contribution is -2.27. The predicted octanol–water partition coefficient (Wildman–Crippen LogP) is 2.33. The number of carbonyl (C=O) groups excluding carboxylic acids is 1. The van der Waals surface area contributed by atoms with Gasteiger partial charge in [-0.25, -0.2) is 0 Å². The van der Waals surface area contributed by atoms with Gasteiger partial charge in [0.15, 0.2) is 0 Å². The van der Waals surface area contributed by atoms with Gasteiger partial charge < -0.3 is 10.5 Å². The second kappa shape index (κ2) is 5.87. The number of hydrogen-bond acceptors (Lipinski definition) is 3. The molecule has 0 fully saturated rings. The van der Waals surface area contributed by atoms with Crippen LogP contribution in [0.15, 0.2) is 24.3 Å². The molecule has 0 aliphatic carbocycles. The molecule has 0 aliphatic rings. The molecule has 2 N–H and O–H groups in total. The molecule has 3 nitrogen and oxygen atoms in total. The van der Waals surface area contributed by atoms with Gasteiger partial charge in [0.05, 0.1) is 13.5 Å². The van der Waals surface area contributed by atoms with Crippen molar-refractivity contribution in [2.75, 3.05) is 7.11 Å². The SMILES string of the molecule is COC(=O)CC(c1ccc(Cl)cc1)C(C)N. The van der Waals surface area contributed by atoms with Crippen molar-refractivity contribution in [3.8, 4) is 0 Å². The highest BCUT2D eigenvalue weighted by Gasteiger charge is 2.20. The fourth-order valence-corrected chi connectivity index (χ4v) is 1.71. The molecule has 0 aromatic heterocycles. The van der Waals surface area contributed by atoms with Crippen molar-refractivity contribution in [3.05, 3.63) is 34.9 Å². The van der Waals surface area contributed by atoms with Gasteiger partial charge in [-0.2, -0.15) is 0 Å². The van der Waals surface area contributed by atoms with E-state index >= 15 is 0 Å². The summed E-state index contributed by atoms with van der Waals surface area (Å²) in [6.07, 6.45) is 0.287. The molecule has 0 amide bonds. The number of methoxy groups -OCH3 is 1. The van der Waals surface area contributed by atoms with Crippen molar-refractivity contribution < 1.29 is 9.53 Å². The summed E-state index contributed by atoms with van der Waals surface area (Å²) in [7, 11) is 1.38. The highest BCUT2D eigenvalue weighted by atomic mass is 35.5. The van der Waals surface area contributed by atoms with Gasteiger partial charge >= 0.3 is 5.97 Å². The Labute approximate surface area is 101 Å². The minimum absolute atomic E-state index is 0.0373. The average Bonchev–Trinajstić information content (AvgIpc) is 2.26. The summed E-state index contributed by atoms with van der Waals surface area (Å²) in [6, 6.07) is 7.26. The second-order valence-corrected chi connectivity index (χ2v) is 4.23. The third kappa shape index (κ3) is 3.51. The molecule has 0 aliphatic heterocycles. The Morgan fingerprint density at radius 2 is 2.00 bits per heavy atom. The first-order valence-electron chi connectivity index (χ1n) is 5.12. The monoisotopic (exact) mass is 241 g/mol. The maximum Gasteiger partial charge on any atom is 0.306 e. The van der Waals surface area contributed by atoms with Crippen molar-refractivity contribution in [1.82, 2.24) is 0 Å². The molecule has 0 heterocycles. The molecular weight excluding hydrogens is 226 g/mol. The highest BCUT2D eigenvalue weighted by Crippen LogP contribution is 2.24. The molecule has 0 saturated carbocycles. The molecule has 0 spiro atoms. The fourth-order valence-electron chi connectivity index (χ4n) is 1.58. The number of ether oxygens (including phenoxy) is 1. The normalized spacial score (nSPS) is 14.2. The van der Waals surface area contributed by atoms with Crippen molar-refractivity contribution in [2.45, 2.75) is 25.3 Å². The zero-order valence-electron chi connectivity index (χ0n) is 9.44. The Kier molecular flexibility index (Phi) is 4.77.